The van der Waals surface area contributed by atoms with Crippen LogP contribution in [0.5, 0.6) is 5.75 Å². The molecule has 0 saturated heterocycles. The Morgan fingerprint density at radius 2 is 1.10 bits per heavy atom. The zero-order valence-corrected chi connectivity index (χ0v) is 44.4. The fraction of sp³-hybridized carbons (Fsp3) is 0.226. The maximum atomic E-state index is 12.5. The number of nitrogens with zero attached hydrogens (tertiary/aromatic N) is 3. The summed E-state index contributed by atoms with van der Waals surface area (Å²) in [5, 5.41) is 15.4. The molecule has 1 N–H and O–H groups in total. The van der Waals surface area contributed by atoms with Crippen LogP contribution in [0.1, 0.15) is 79.0 Å². The number of para-hydroxylation sites is 2. The van der Waals surface area contributed by atoms with E-state index in [-0.39, 0.29) is 43.1 Å². The Labute approximate surface area is 418 Å². The average molecular weight is 1090 g/mol. The topological polar surface area (TPSA) is 50.9 Å². The molecular weight excluding hydrogens is 1030 g/mol. The molecule has 0 aliphatic carbocycles. The number of phenolic OH excluding ortho intramolecular Hbond substituents is 1. The van der Waals surface area contributed by atoms with E-state index in [2.05, 4.69) is 238 Å². The van der Waals surface area contributed by atoms with Crippen LogP contribution >= 0.6 is 0 Å². The van der Waals surface area contributed by atoms with Gasteiger partial charge in [0.25, 0.3) is 0 Å². The molecule has 0 amide bonds. The van der Waals surface area contributed by atoms with Gasteiger partial charge in [0.2, 0.25) is 0 Å². The number of phenols is 1. The van der Waals surface area contributed by atoms with Crippen LogP contribution in [0, 0.1) is 6.07 Å². The van der Waals surface area contributed by atoms with Crippen molar-refractivity contribution in [1.82, 2.24) is 14.5 Å². The summed E-state index contributed by atoms with van der Waals surface area (Å²) in [6.07, 6.45) is 1.98. The maximum Gasteiger partial charge on any atom is 0.148 e. The molecule has 10 rings (SSSR count). The molecule has 344 valence electrons. The molecule has 3 heterocycles. The second-order valence-corrected chi connectivity index (χ2v) is 26.3. The van der Waals surface area contributed by atoms with Gasteiger partial charge in [-0.15, -0.1) is 29.3 Å². The molecule has 6 heteroatoms. The summed E-state index contributed by atoms with van der Waals surface area (Å²) in [6, 6.07) is 58.7. The summed E-state index contributed by atoms with van der Waals surface area (Å²) in [7, 11) is -2.12. The monoisotopic (exact) mass is 1090 g/mol. The van der Waals surface area contributed by atoms with Gasteiger partial charge in [0, 0.05) is 44.1 Å². The largest absolute Gasteiger partial charge is 0.507 e. The molecule has 1 aliphatic heterocycles. The normalized spacial score (nSPS) is 13.3. The van der Waals surface area contributed by atoms with Gasteiger partial charge in [0.05, 0.1) is 22.3 Å². The number of imidazole rings is 1. The molecule has 1 aliphatic rings. The van der Waals surface area contributed by atoms with Crippen LogP contribution in [0.4, 0.5) is 0 Å². The molecule has 0 unspecified atom stereocenters. The van der Waals surface area contributed by atoms with Crippen LogP contribution in [0.2, 0.25) is 13.1 Å². The predicted molar refractivity (Wildman–Crippen MR) is 285 cm³/mol. The minimum atomic E-state index is -2.12. The second kappa shape index (κ2) is 17.1. The van der Waals surface area contributed by atoms with Crippen LogP contribution in [0.15, 0.2) is 158 Å². The molecule has 2 aromatic heterocycles. The number of aromatic hydroxyl groups is 1. The van der Waals surface area contributed by atoms with Gasteiger partial charge in [-0.05, 0) is 84.3 Å². The van der Waals surface area contributed by atoms with E-state index in [1.807, 2.05) is 6.20 Å². The summed E-state index contributed by atoms with van der Waals surface area (Å²) in [5.41, 5.74) is 16.8. The van der Waals surface area contributed by atoms with Crippen molar-refractivity contribution in [3.05, 3.63) is 181 Å². The Kier molecular flexibility index (Phi) is 11.8. The molecule has 0 saturated carbocycles. The van der Waals surface area contributed by atoms with Crippen molar-refractivity contribution < 1.29 is 26.2 Å². The number of fused-ring (bicyclic) bond motifs is 6. The number of pyridine rings is 1. The number of hydrogen-bond acceptors (Lipinski definition) is 3. The first-order valence-corrected chi connectivity index (χ1v) is 26.6. The Morgan fingerprint density at radius 3 is 1.78 bits per heavy atom. The van der Waals surface area contributed by atoms with E-state index in [0.717, 1.165) is 66.9 Å². The van der Waals surface area contributed by atoms with Gasteiger partial charge < -0.3 is 5.11 Å². The SMILES string of the molecule is CC(C)(C)c1cc(-c2nccc3c2-c2ccccc2[Si](C)(C)c2ccccc2-3)[c-]c(-c2cccc3c2nc(-c2cc(C(C)(C)C)cc(C(C)(C)C)c2O)n3-c2ccccc2-c2ccccc2)c1.[Pt]. The number of hydrogen-bond donors (Lipinski definition) is 1. The van der Waals surface area contributed by atoms with Crippen molar-refractivity contribution in [3.63, 3.8) is 0 Å². The van der Waals surface area contributed by atoms with Crippen LogP contribution < -0.4 is 10.4 Å². The third kappa shape index (κ3) is 8.02. The molecule has 7 aromatic carbocycles. The fourth-order valence-corrected chi connectivity index (χ4v) is 13.3. The molecule has 4 nitrogen and oxygen atoms in total. The first-order valence-electron chi connectivity index (χ1n) is 23.6. The molecule has 0 atom stereocenters. The fourth-order valence-electron chi connectivity index (χ4n) is 10.2. The van der Waals surface area contributed by atoms with Crippen LogP contribution in [-0.4, -0.2) is 27.7 Å². The third-order valence-corrected chi connectivity index (χ3v) is 17.5. The van der Waals surface area contributed by atoms with Crippen molar-refractivity contribution in [1.29, 1.82) is 0 Å². The standard InChI is InChI=1S/C62H60N3OSi.Pt/c1-60(2,3)42-35-40(34-41(36-42)56-55-47(32-33-63-56)46-25-16-19-30-53(46)67(10,11)54-31-20-17-26-48(54)55)45-27-21-29-52-57(45)64-59(49-37-43(61(4,5)6)38-50(58(49)66)62(7,8)9)65(52)51-28-18-15-24-44(51)39-22-13-12-14-23-39;/h12-33,35-38,66H,1-11H3;/q-1;. The van der Waals surface area contributed by atoms with Gasteiger partial charge in [-0.25, -0.2) is 4.98 Å². The summed E-state index contributed by atoms with van der Waals surface area (Å²) >= 11 is 0. The Morgan fingerprint density at radius 1 is 0.529 bits per heavy atom. The number of rotatable bonds is 5. The van der Waals surface area contributed by atoms with Crippen molar-refractivity contribution in [2.24, 2.45) is 0 Å². The van der Waals surface area contributed by atoms with Gasteiger partial charge in [-0.1, -0.05) is 202 Å². The second-order valence-electron chi connectivity index (χ2n) is 22.0. The quantitative estimate of drug-likeness (QED) is 0.138. The van der Waals surface area contributed by atoms with Crippen LogP contribution in [0.3, 0.4) is 0 Å². The van der Waals surface area contributed by atoms with E-state index in [0.29, 0.717) is 11.4 Å². The number of aromatic nitrogens is 3. The molecular formula is C62H60N3OPtSi-. The van der Waals surface area contributed by atoms with Gasteiger partial charge >= 0.3 is 0 Å². The van der Waals surface area contributed by atoms with Crippen molar-refractivity contribution >= 4 is 29.5 Å². The van der Waals surface area contributed by atoms with Gasteiger partial charge in [-0.2, -0.15) is 0 Å². The van der Waals surface area contributed by atoms with Crippen molar-refractivity contribution in [2.45, 2.75) is 91.7 Å². The molecule has 0 fully saturated rings. The van der Waals surface area contributed by atoms with Crippen molar-refractivity contribution in [2.75, 3.05) is 0 Å². The Bertz CT molecular complexity index is 3400. The summed E-state index contributed by atoms with van der Waals surface area (Å²) in [5.74, 6) is 0.938. The van der Waals surface area contributed by atoms with Crippen LogP contribution in [0.25, 0.3) is 83.9 Å². The van der Waals surface area contributed by atoms with Gasteiger partial charge in [-0.3, -0.25) is 9.55 Å². The van der Waals surface area contributed by atoms with Gasteiger partial charge in [0.1, 0.15) is 19.6 Å². The zero-order chi connectivity index (χ0) is 47.2. The maximum absolute atomic E-state index is 12.5. The molecule has 0 bridgehead atoms. The van der Waals surface area contributed by atoms with E-state index in [1.54, 1.807) is 0 Å². The molecule has 0 radical (unpaired) electrons. The van der Waals surface area contributed by atoms with E-state index >= 15 is 0 Å². The molecule has 68 heavy (non-hydrogen) atoms. The van der Waals surface area contributed by atoms with Gasteiger partial charge in [0.15, 0.2) is 0 Å². The minimum absolute atomic E-state index is 0. The smallest absolute Gasteiger partial charge is 0.148 e. The zero-order valence-electron chi connectivity index (χ0n) is 41.1. The summed E-state index contributed by atoms with van der Waals surface area (Å²) in [6.45, 7) is 25.0. The third-order valence-electron chi connectivity index (χ3n) is 13.9. The van der Waals surface area contributed by atoms with E-state index in [9.17, 15) is 5.11 Å². The Hall–Kier alpha value is -6.13. The molecule has 9 aromatic rings. The van der Waals surface area contributed by atoms with Crippen LogP contribution in [-0.2, 0) is 37.3 Å². The van der Waals surface area contributed by atoms with Crippen molar-refractivity contribution in [3.8, 4) is 78.6 Å². The van der Waals surface area contributed by atoms with E-state index < -0.39 is 8.07 Å². The molecule has 0 spiro atoms. The Balaban J connectivity index is 0.00000578. The average Bonchev–Trinajstić information content (AvgIpc) is 3.66. The minimum Gasteiger partial charge on any atom is -0.507 e. The number of benzene rings is 7. The first-order chi connectivity index (χ1) is 31.8. The first kappa shape index (κ1) is 47.0. The summed E-state index contributed by atoms with van der Waals surface area (Å²) < 4.78 is 2.27. The summed E-state index contributed by atoms with van der Waals surface area (Å²) in [4.78, 5) is 11.0. The predicted octanol–water partition coefficient (Wildman–Crippen LogP) is 15.0. The van der Waals surface area contributed by atoms with E-state index in [1.165, 1.54) is 32.6 Å². The van der Waals surface area contributed by atoms with E-state index in [4.69, 9.17) is 9.97 Å².